The molecule has 3 rings (SSSR count). The van der Waals surface area contributed by atoms with Gasteiger partial charge in [-0.2, -0.15) is 0 Å². The van der Waals surface area contributed by atoms with E-state index >= 15 is 0 Å². The monoisotopic (exact) mass is 344 g/mol. The smallest absolute Gasteiger partial charge is 0.321 e. The van der Waals surface area contributed by atoms with Crippen LogP contribution in [0, 0.1) is 5.92 Å². The van der Waals surface area contributed by atoms with Crippen LogP contribution in [0.3, 0.4) is 0 Å². The van der Waals surface area contributed by atoms with Crippen molar-refractivity contribution in [1.29, 1.82) is 0 Å². The van der Waals surface area contributed by atoms with Crippen LogP contribution in [0.4, 0.5) is 16.2 Å². The largest absolute Gasteiger partial charge is 0.327 e. The highest BCUT2D eigenvalue weighted by molar-refractivity contribution is 5.96. The number of urea groups is 1. The number of anilines is 2. The summed E-state index contributed by atoms with van der Waals surface area (Å²) in [4.78, 5) is 30.3. The van der Waals surface area contributed by atoms with Gasteiger partial charge in [-0.3, -0.25) is 4.79 Å². The molecule has 1 atom stereocenters. The van der Waals surface area contributed by atoms with Crippen molar-refractivity contribution in [2.24, 2.45) is 5.92 Å². The van der Waals surface area contributed by atoms with Gasteiger partial charge in [-0.25, -0.2) is 4.79 Å². The van der Waals surface area contributed by atoms with Crippen molar-refractivity contribution in [2.75, 3.05) is 50.5 Å². The summed E-state index contributed by atoms with van der Waals surface area (Å²) in [7, 11) is 3.98. The fourth-order valence-electron chi connectivity index (χ4n) is 3.78. The molecule has 2 fully saturated rings. The van der Waals surface area contributed by atoms with E-state index in [1.54, 1.807) is 9.80 Å². The third kappa shape index (κ3) is 4.51. The molecule has 6 heteroatoms. The van der Waals surface area contributed by atoms with E-state index in [0.717, 1.165) is 44.0 Å². The first kappa shape index (κ1) is 17.7. The Bertz CT molecular complexity index is 634. The van der Waals surface area contributed by atoms with Gasteiger partial charge < -0.3 is 20.0 Å². The first-order chi connectivity index (χ1) is 12.0. The summed E-state index contributed by atoms with van der Waals surface area (Å²) in [6.45, 7) is 3.71. The maximum absolute atomic E-state index is 12.5. The third-order valence-electron chi connectivity index (χ3n) is 5.08. The summed E-state index contributed by atoms with van der Waals surface area (Å²) >= 11 is 0. The predicted octanol–water partition coefficient (Wildman–Crippen LogP) is 2.62. The van der Waals surface area contributed by atoms with E-state index in [1.165, 1.54) is 12.8 Å². The molecule has 0 aliphatic carbocycles. The molecule has 2 aliphatic heterocycles. The molecular formula is C19H28N4O2. The minimum absolute atomic E-state index is 0.0990. The number of rotatable bonds is 4. The first-order valence-corrected chi connectivity index (χ1v) is 9.14. The maximum atomic E-state index is 12.5. The molecule has 136 valence electrons. The van der Waals surface area contributed by atoms with Crippen LogP contribution in [0.5, 0.6) is 0 Å². The standard InChI is InChI=1S/C19H28N4O2/c1-21-10-4-6-15(13-21)14-22(2)19(25)20-16-7-3-8-17(12-16)23-11-5-9-18(23)24/h3,7-8,12,15H,4-6,9-11,13-14H2,1-2H3,(H,20,25)/t15-/m0/s1. The van der Waals surface area contributed by atoms with Gasteiger partial charge in [0.1, 0.15) is 0 Å². The Labute approximate surface area is 149 Å². The van der Waals surface area contributed by atoms with Crippen LogP contribution in [0.25, 0.3) is 0 Å². The van der Waals surface area contributed by atoms with E-state index in [2.05, 4.69) is 17.3 Å². The molecule has 0 radical (unpaired) electrons. The Morgan fingerprint density at radius 2 is 2.16 bits per heavy atom. The van der Waals surface area contributed by atoms with Crippen molar-refractivity contribution in [3.05, 3.63) is 24.3 Å². The lowest BCUT2D eigenvalue weighted by Crippen LogP contribution is -2.41. The Morgan fingerprint density at radius 3 is 2.88 bits per heavy atom. The van der Waals surface area contributed by atoms with Crippen LogP contribution >= 0.6 is 0 Å². The summed E-state index contributed by atoms with van der Waals surface area (Å²) in [5.74, 6) is 0.685. The Morgan fingerprint density at radius 1 is 1.32 bits per heavy atom. The van der Waals surface area contributed by atoms with E-state index < -0.39 is 0 Å². The van der Waals surface area contributed by atoms with Crippen LogP contribution in [0.1, 0.15) is 25.7 Å². The highest BCUT2D eigenvalue weighted by Crippen LogP contribution is 2.24. The molecular weight excluding hydrogens is 316 g/mol. The Kier molecular flexibility index (Phi) is 5.58. The lowest BCUT2D eigenvalue weighted by molar-refractivity contribution is -0.117. The zero-order valence-electron chi connectivity index (χ0n) is 15.2. The van der Waals surface area contributed by atoms with Crippen molar-refractivity contribution < 1.29 is 9.59 Å². The van der Waals surface area contributed by atoms with Gasteiger partial charge in [0.25, 0.3) is 0 Å². The number of piperidine rings is 1. The van der Waals surface area contributed by atoms with Gasteiger partial charge in [0, 0.05) is 44.5 Å². The molecule has 3 amide bonds. The molecule has 0 unspecified atom stereocenters. The zero-order valence-corrected chi connectivity index (χ0v) is 15.2. The van der Waals surface area contributed by atoms with Gasteiger partial charge in [-0.1, -0.05) is 6.07 Å². The minimum atomic E-state index is -0.0990. The van der Waals surface area contributed by atoms with E-state index in [0.29, 0.717) is 12.3 Å². The van der Waals surface area contributed by atoms with Crippen molar-refractivity contribution in [2.45, 2.75) is 25.7 Å². The fraction of sp³-hybridized carbons (Fsp3) is 0.579. The first-order valence-electron chi connectivity index (χ1n) is 9.14. The lowest BCUT2D eigenvalue weighted by atomic mass is 9.98. The van der Waals surface area contributed by atoms with E-state index in [4.69, 9.17) is 0 Å². The van der Waals surface area contributed by atoms with E-state index in [-0.39, 0.29) is 11.9 Å². The highest BCUT2D eigenvalue weighted by atomic mass is 16.2. The van der Waals surface area contributed by atoms with Crippen LogP contribution in [-0.4, -0.2) is 62.0 Å². The number of likely N-dealkylation sites (tertiary alicyclic amines) is 1. The molecule has 6 nitrogen and oxygen atoms in total. The molecule has 0 bridgehead atoms. The lowest BCUT2D eigenvalue weighted by Gasteiger charge is -2.32. The second-order valence-electron chi connectivity index (χ2n) is 7.28. The van der Waals surface area contributed by atoms with Gasteiger partial charge >= 0.3 is 6.03 Å². The number of benzene rings is 1. The molecule has 2 aliphatic rings. The topological polar surface area (TPSA) is 55.9 Å². The van der Waals surface area contributed by atoms with E-state index in [9.17, 15) is 9.59 Å². The predicted molar refractivity (Wildman–Crippen MR) is 99.9 cm³/mol. The number of nitrogens with one attached hydrogen (secondary N) is 1. The average molecular weight is 344 g/mol. The van der Waals surface area contributed by atoms with Gasteiger partial charge in [0.05, 0.1) is 0 Å². The van der Waals surface area contributed by atoms with Gasteiger partial charge in [-0.05, 0) is 57.0 Å². The summed E-state index contributed by atoms with van der Waals surface area (Å²) in [6.07, 6.45) is 3.88. The molecule has 1 aromatic carbocycles. The van der Waals surface area contributed by atoms with Crippen LogP contribution in [-0.2, 0) is 4.79 Å². The molecule has 25 heavy (non-hydrogen) atoms. The number of carbonyl (C=O) groups is 2. The number of hydrogen-bond donors (Lipinski definition) is 1. The van der Waals surface area contributed by atoms with Crippen molar-refractivity contribution >= 4 is 23.3 Å². The van der Waals surface area contributed by atoms with E-state index in [1.807, 2.05) is 31.3 Å². The van der Waals surface area contributed by atoms with Gasteiger partial charge in [0.15, 0.2) is 0 Å². The van der Waals surface area contributed by atoms with Crippen molar-refractivity contribution in [3.8, 4) is 0 Å². The van der Waals surface area contributed by atoms with Gasteiger partial charge in [-0.15, -0.1) is 0 Å². The molecule has 0 aromatic heterocycles. The number of amides is 3. The van der Waals surface area contributed by atoms with Crippen molar-refractivity contribution in [1.82, 2.24) is 9.80 Å². The SMILES string of the molecule is CN1CCC[C@H](CN(C)C(=O)Nc2cccc(N3CCCC3=O)c2)C1. The fourth-order valence-corrected chi connectivity index (χ4v) is 3.78. The number of carbonyl (C=O) groups excluding carboxylic acids is 2. The van der Waals surface area contributed by atoms with Gasteiger partial charge in [0.2, 0.25) is 5.91 Å². The summed E-state index contributed by atoms with van der Waals surface area (Å²) in [5.41, 5.74) is 1.59. The van der Waals surface area contributed by atoms with Crippen LogP contribution in [0.2, 0.25) is 0 Å². The minimum Gasteiger partial charge on any atom is -0.327 e. The highest BCUT2D eigenvalue weighted by Gasteiger charge is 2.23. The normalized spacial score (nSPS) is 21.4. The average Bonchev–Trinajstić information content (AvgIpc) is 3.01. The van der Waals surface area contributed by atoms with Crippen LogP contribution in [0.15, 0.2) is 24.3 Å². The molecule has 2 saturated heterocycles. The quantitative estimate of drug-likeness (QED) is 0.913. The second kappa shape index (κ2) is 7.87. The second-order valence-corrected chi connectivity index (χ2v) is 7.28. The zero-order chi connectivity index (χ0) is 17.8. The number of hydrogen-bond acceptors (Lipinski definition) is 3. The molecule has 0 spiro atoms. The molecule has 1 N–H and O–H groups in total. The number of nitrogens with zero attached hydrogens (tertiary/aromatic N) is 3. The summed E-state index contributed by atoms with van der Waals surface area (Å²) in [6, 6.07) is 7.44. The Balaban J connectivity index is 1.57. The summed E-state index contributed by atoms with van der Waals surface area (Å²) < 4.78 is 0. The Hall–Kier alpha value is -2.08. The van der Waals surface area contributed by atoms with Crippen LogP contribution < -0.4 is 10.2 Å². The summed E-state index contributed by atoms with van der Waals surface area (Å²) in [5, 5.41) is 2.96. The molecule has 1 aromatic rings. The molecule has 0 saturated carbocycles. The van der Waals surface area contributed by atoms with Crippen molar-refractivity contribution in [3.63, 3.8) is 0 Å². The third-order valence-corrected chi connectivity index (χ3v) is 5.08. The molecule has 2 heterocycles. The maximum Gasteiger partial charge on any atom is 0.321 e.